The van der Waals surface area contributed by atoms with E-state index in [1.165, 1.54) is 4.90 Å². The monoisotopic (exact) mass is 422 g/mol. The molecule has 30 heavy (non-hydrogen) atoms. The Balaban J connectivity index is 1.78. The van der Waals surface area contributed by atoms with Crippen molar-refractivity contribution in [2.24, 2.45) is 10.9 Å². The zero-order valence-corrected chi connectivity index (χ0v) is 17.7. The number of aliphatic imine (C=N–C) groups is 1. The lowest BCUT2D eigenvalue weighted by molar-refractivity contribution is -0.155. The third-order valence-electron chi connectivity index (χ3n) is 4.42. The molecule has 1 aromatic rings. The van der Waals surface area contributed by atoms with Crippen LogP contribution in [0.4, 0.5) is 4.79 Å². The normalized spacial score (nSPS) is 17.2. The molecule has 2 rings (SSSR count). The maximum atomic E-state index is 12.3. The van der Waals surface area contributed by atoms with Crippen LogP contribution in [0, 0.1) is 5.92 Å². The summed E-state index contributed by atoms with van der Waals surface area (Å²) in [6.07, 6.45) is -0.905. The standard InChI is InChI=1S/C21H30N2O7/c1-5-26-17-8-6-7-9-18(17)28-13-16-12-23(10-11-27-16)21(25)30-14-29-20(24)19(22-4)15(2)3/h6-9,15-16,19H,4-5,10-14H2,1-3H3. The van der Waals surface area contributed by atoms with E-state index in [1.54, 1.807) is 0 Å². The van der Waals surface area contributed by atoms with Gasteiger partial charge >= 0.3 is 12.1 Å². The van der Waals surface area contributed by atoms with Gasteiger partial charge in [-0.3, -0.25) is 4.99 Å². The lowest BCUT2D eigenvalue weighted by Gasteiger charge is -2.32. The van der Waals surface area contributed by atoms with E-state index in [4.69, 9.17) is 23.7 Å². The van der Waals surface area contributed by atoms with Gasteiger partial charge in [0.25, 0.3) is 0 Å². The molecule has 0 aromatic heterocycles. The Morgan fingerprint density at radius 1 is 1.23 bits per heavy atom. The van der Waals surface area contributed by atoms with Gasteiger partial charge in [0.1, 0.15) is 18.8 Å². The lowest BCUT2D eigenvalue weighted by Crippen LogP contribution is -2.48. The van der Waals surface area contributed by atoms with Gasteiger partial charge in [-0.15, -0.1) is 0 Å². The van der Waals surface area contributed by atoms with Gasteiger partial charge in [0.15, 0.2) is 11.5 Å². The first-order valence-corrected chi connectivity index (χ1v) is 9.96. The molecule has 1 heterocycles. The van der Waals surface area contributed by atoms with E-state index in [2.05, 4.69) is 11.7 Å². The fraction of sp³-hybridized carbons (Fsp3) is 0.571. The molecule has 1 aromatic carbocycles. The van der Waals surface area contributed by atoms with Crippen LogP contribution < -0.4 is 9.47 Å². The number of amides is 1. The molecule has 0 radical (unpaired) electrons. The Kier molecular flexibility index (Phi) is 9.40. The van der Waals surface area contributed by atoms with Crippen molar-refractivity contribution in [1.29, 1.82) is 0 Å². The number of carbonyl (C=O) groups excluding carboxylic acids is 2. The van der Waals surface area contributed by atoms with Gasteiger partial charge in [0.2, 0.25) is 6.79 Å². The molecule has 1 fully saturated rings. The minimum Gasteiger partial charge on any atom is -0.490 e. The number of para-hydroxylation sites is 2. The molecule has 0 spiro atoms. The largest absolute Gasteiger partial charge is 0.490 e. The highest BCUT2D eigenvalue weighted by molar-refractivity contribution is 5.77. The molecule has 1 amide bonds. The SMILES string of the molecule is C=NC(C(=O)OCOC(=O)N1CCOC(COc2ccccc2OCC)C1)C(C)C. The molecule has 0 N–H and O–H groups in total. The number of esters is 1. The zero-order chi connectivity index (χ0) is 21.9. The van der Waals surface area contributed by atoms with Crippen molar-refractivity contribution in [2.45, 2.75) is 32.9 Å². The predicted molar refractivity (Wildman–Crippen MR) is 110 cm³/mol. The summed E-state index contributed by atoms with van der Waals surface area (Å²) in [6.45, 7) is 10.3. The van der Waals surface area contributed by atoms with Crippen LogP contribution in [-0.2, 0) is 19.0 Å². The summed E-state index contributed by atoms with van der Waals surface area (Å²) in [7, 11) is 0. The molecule has 9 nitrogen and oxygen atoms in total. The Hall–Kier alpha value is -2.81. The molecule has 1 aliphatic heterocycles. The van der Waals surface area contributed by atoms with E-state index in [0.29, 0.717) is 37.8 Å². The molecule has 1 aliphatic rings. The summed E-state index contributed by atoms with van der Waals surface area (Å²) in [6, 6.07) is 6.69. The number of nitrogens with zero attached hydrogens (tertiary/aromatic N) is 2. The van der Waals surface area contributed by atoms with E-state index >= 15 is 0 Å². The van der Waals surface area contributed by atoms with E-state index in [0.717, 1.165) is 0 Å². The maximum absolute atomic E-state index is 12.3. The molecule has 1 saturated heterocycles. The minimum absolute atomic E-state index is 0.0569. The second-order valence-electron chi connectivity index (χ2n) is 6.99. The summed E-state index contributed by atoms with van der Waals surface area (Å²) in [5.74, 6) is 0.639. The Bertz CT molecular complexity index is 710. The van der Waals surface area contributed by atoms with Crippen LogP contribution >= 0.6 is 0 Å². The molecule has 2 unspecified atom stereocenters. The maximum Gasteiger partial charge on any atom is 0.412 e. The number of carbonyl (C=O) groups is 2. The number of benzene rings is 1. The first-order chi connectivity index (χ1) is 14.5. The van der Waals surface area contributed by atoms with Crippen molar-refractivity contribution in [3.8, 4) is 11.5 Å². The average molecular weight is 422 g/mol. The van der Waals surface area contributed by atoms with Crippen molar-refractivity contribution in [3.63, 3.8) is 0 Å². The highest BCUT2D eigenvalue weighted by Gasteiger charge is 2.27. The molecule has 9 heteroatoms. The molecule has 166 valence electrons. The van der Waals surface area contributed by atoms with Gasteiger partial charge in [-0.25, -0.2) is 9.59 Å². The topological polar surface area (TPSA) is 95.9 Å². The summed E-state index contributed by atoms with van der Waals surface area (Å²) in [4.78, 5) is 29.4. The van der Waals surface area contributed by atoms with Crippen LogP contribution in [0.5, 0.6) is 11.5 Å². The predicted octanol–water partition coefficient (Wildman–Crippen LogP) is 2.53. The number of morpholine rings is 1. The van der Waals surface area contributed by atoms with Crippen molar-refractivity contribution >= 4 is 18.8 Å². The Morgan fingerprint density at radius 2 is 1.93 bits per heavy atom. The number of hydrogen-bond donors (Lipinski definition) is 0. The third-order valence-corrected chi connectivity index (χ3v) is 4.42. The number of hydrogen-bond acceptors (Lipinski definition) is 8. The molecular formula is C21H30N2O7. The van der Waals surface area contributed by atoms with Crippen LogP contribution in [-0.4, -0.2) is 75.5 Å². The third kappa shape index (κ3) is 6.91. The van der Waals surface area contributed by atoms with Crippen LogP contribution in [0.1, 0.15) is 20.8 Å². The van der Waals surface area contributed by atoms with Crippen molar-refractivity contribution in [2.75, 3.05) is 39.7 Å². The van der Waals surface area contributed by atoms with Gasteiger partial charge in [-0.2, -0.15) is 0 Å². The van der Waals surface area contributed by atoms with Gasteiger partial charge in [-0.05, 0) is 31.7 Å². The van der Waals surface area contributed by atoms with Gasteiger partial charge in [0.05, 0.1) is 19.8 Å². The first-order valence-electron chi connectivity index (χ1n) is 9.96. The number of ether oxygens (including phenoxy) is 5. The van der Waals surface area contributed by atoms with Crippen LogP contribution in [0.3, 0.4) is 0 Å². The molecular weight excluding hydrogens is 392 g/mol. The van der Waals surface area contributed by atoms with E-state index in [1.807, 2.05) is 45.0 Å². The minimum atomic E-state index is -0.687. The second kappa shape index (κ2) is 12.0. The van der Waals surface area contributed by atoms with Gasteiger partial charge < -0.3 is 28.6 Å². The fourth-order valence-corrected chi connectivity index (χ4v) is 2.89. The van der Waals surface area contributed by atoms with Crippen molar-refractivity contribution in [3.05, 3.63) is 24.3 Å². The second-order valence-corrected chi connectivity index (χ2v) is 6.99. The summed E-state index contributed by atoms with van der Waals surface area (Å²) in [5.41, 5.74) is 0. The quantitative estimate of drug-likeness (QED) is 0.325. The summed E-state index contributed by atoms with van der Waals surface area (Å²) in [5, 5.41) is 0. The van der Waals surface area contributed by atoms with Crippen LogP contribution in [0.2, 0.25) is 0 Å². The van der Waals surface area contributed by atoms with Crippen molar-refractivity contribution < 1.29 is 33.3 Å². The molecule has 2 atom stereocenters. The zero-order valence-electron chi connectivity index (χ0n) is 17.7. The molecule has 0 saturated carbocycles. The summed E-state index contributed by atoms with van der Waals surface area (Å²) < 4.78 is 27.1. The highest BCUT2D eigenvalue weighted by atomic mass is 16.7. The van der Waals surface area contributed by atoms with E-state index in [-0.39, 0.29) is 18.6 Å². The van der Waals surface area contributed by atoms with E-state index in [9.17, 15) is 9.59 Å². The average Bonchev–Trinajstić information content (AvgIpc) is 2.73. The summed E-state index contributed by atoms with van der Waals surface area (Å²) >= 11 is 0. The fourth-order valence-electron chi connectivity index (χ4n) is 2.89. The van der Waals surface area contributed by atoms with Crippen LogP contribution in [0.25, 0.3) is 0 Å². The van der Waals surface area contributed by atoms with Crippen molar-refractivity contribution in [1.82, 2.24) is 4.90 Å². The van der Waals surface area contributed by atoms with E-state index < -0.39 is 24.9 Å². The van der Waals surface area contributed by atoms with Crippen LogP contribution in [0.15, 0.2) is 29.3 Å². The highest BCUT2D eigenvalue weighted by Crippen LogP contribution is 2.26. The first kappa shape index (κ1) is 23.5. The van der Waals surface area contributed by atoms with Gasteiger partial charge in [0, 0.05) is 6.54 Å². The number of rotatable bonds is 10. The van der Waals surface area contributed by atoms with Gasteiger partial charge in [-0.1, -0.05) is 26.0 Å². The Morgan fingerprint density at radius 3 is 2.57 bits per heavy atom. The molecule has 0 bridgehead atoms. The Labute approximate surface area is 176 Å². The lowest BCUT2D eigenvalue weighted by atomic mass is 10.1. The molecule has 0 aliphatic carbocycles. The smallest absolute Gasteiger partial charge is 0.412 e.